The molecule has 0 bridgehead atoms. The first-order chi connectivity index (χ1) is 6.49. The van der Waals surface area contributed by atoms with Gasteiger partial charge in [-0.1, -0.05) is 20.8 Å². The molecule has 0 aromatic rings. The number of nitrogens with one attached hydrogen (secondary N) is 1. The third-order valence-corrected chi connectivity index (χ3v) is 3.31. The quantitative estimate of drug-likeness (QED) is 0.705. The highest BCUT2D eigenvalue weighted by molar-refractivity contribution is 7.99. The molecule has 2 atom stereocenters. The lowest BCUT2D eigenvalue weighted by molar-refractivity contribution is -0.123. The van der Waals surface area contributed by atoms with Gasteiger partial charge in [-0.2, -0.15) is 11.8 Å². The molecule has 2 unspecified atom stereocenters. The van der Waals surface area contributed by atoms with Gasteiger partial charge < -0.3 is 11.1 Å². The minimum atomic E-state index is -0.375. The zero-order valence-corrected chi connectivity index (χ0v) is 10.4. The Morgan fingerprint density at radius 2 is 2.00 bits per heavy atom. The summed E-state index contributed by atoms with van der Waals surface area (Å²) in [5.74, 6) is 0.168. The van der Waals surface area contributed by atoms with E-state index in [-0.39, 0.29) is 17.9 Å². The summed E-state index contributed by atoms with van der Waals surface area (Å²) < 4.78 is 0. The summed E-state index contributed by atoms with van der Waals surface area (Å²) in [6.07, 6.45) is 3.07. The zero-order chi connectivity index (χ0) is 11.1. The summed E-state index contributed by atoms with van der Waals surface area (Å²) in [4.78, 5) is 11.4. The lowest BCUT2D eigenvalue weighted by Gasteiger charge is -2.16. The van der Waals surface area contributed by atoms with Gasteiger partial charge in [-0.3, -0.25) is 4.79 Å². The summed E-state index contributed by atoms with van der Waals surface area (Å²) >= 11 is 1.81. The smallest absolute Gasteiger partial charge is 0.237 e. The van der Waals surface area contributed by atoms with E-state index in [1.165, 1.54) is 0 Å². The van der Waals surface area contributed by atoms with Crippen molar-refractivity contribution in [2.24, 2.45) is 11.7 Å². The average molecular weight is 218 g/mol. The highest BCUT2D eigenvalue weighted by atomic mass is 32.2. The molecule has 0 spiro atoms. The normalized spacial score (nSPS) is 15.3. The van der Waals surface area contributed by atoms with Gasteiger partial charge in [0.05, 0.1) is 6.04 Å². The number of carbonyl (C=O) groups is 1. The highest BCUT2D eigenvalue weighted by Crippen LogP contribution is 2.08. The summed E-state index contributed by atoms with van der Waals surface area (Å²) in [5, 5.41) is 3.44. The van der Waals surface area contributed by atoms with E-state index >= 15 is 0 Å². The highest BCUT2D eigenvalue weighted by Gasteiger charge is 2.16. The molecule has 0 saturated heterocycles. The Hall–Kier alpha value is -0.220. The molecule has 0 rings (SSSR count). The number of carbonyl (C=O) groups excluding carboxylic acids is 1. The third kappa shape index (κ3) is 5.50. The number of rotatable bonds is 6. The van der Waals surface area contributed by atoms with Crippen molar-refractivity contribution < 1.29 is 4.79 Å². The van der Waals surface area contributed by atoms with Gasteiger partial charge in [0.1, 0.15) is 0 Å². The van der Waals surface area contributed by atoms with Crippen molar-refractivity contribution in [3.63, 3.8) is 0 Å². The Kier molecular flexibility index (Phi) is 7.01. The summed E-state index contributed by atoms with van der Waals surface area (Å²) in [7, 11) is 0. The third-order valence-electron chi connectivity index (χ3n) is 2.27. The minimum Gasteiger partial charge on any atom is -0.355 e. The molecule has 0 aromatic heterocycles. The van der Waals surface area contributed by atoms with Gasteiger partial charge in [-0.05, 0) is 18.6 Å². The largest absolute Gasteiger partial charge is 0.355 e. The molecule has 0 aliphatic rings. The molecule has 0 aliphatic heterocycles. The second kappa shape index (κ2) is 7.12. The zero-order valence-electron chi connectivity index (χ0n) is 9.54. The second-order valence-corrected chi connectivity index (χ2v) is 5.17. The van der Waals surface area contributed by atoms with E-state index in [0.29, 0.717) is 5.25 Å². The molecule has 1 amide bonds. The Bertz CT molecular complexity index is 174. The fraction of sp³-hybridized carbons (Fsp3) is 0.900. The summed E-state index contributed by atoms with van der Waals surface area (Å²) in [6.45, 7) is 6.78. The van der Waals surface area contributed by atoms with Crippen LogP contribution in [0.4, 0.5) is 0 Å². The van der Waals surface area contributed by atoms with E-state index in [4.69, 9.17) is 5.73 Å². The predicted octanol–water partition coefficient (Wildman–Crippen LogP) is 1.23. The first kappa shape index (κ1) is 13.8. The number of hydrogen-bond donors (Lipinski definition) is 2. The van der Waals surface area contributed by atoms with Crippen molar-refractivity contribution in [1.82, 2.24) is 5.32 Å². The van der Waals surface area contributed by atoms with Gasteiger partial charge in [-0.25, -0.2) is 0 Å². The fourth-order valence-corrected chi connectivity index (χ4v) is 1.29. The number of hydrogen-bond acceptors (Lipinski definition) is 3. The molecule has 3 N–H and O–H groups in total. The Morgan fingerprint density at radius 1 is 1.43 bits per heavy atom. The monoisotopic (exact) mass is 218 g/mol. The fourth-order valence-electron chi connectivity index (χ4n) is 0.937. The van der Waals surface area contributed by atoms with Crippen LogP contribution in [0.15, 0.2) is 0 Å². The minimum absolute atomic E-state index is 0.0340. The second-order valence-electron chi connectivity index (χ2n) is 3.90. The summed E-state index contributed by atoms with van der Waals surface area (Å²) in [5.41, 5.74) is 5.69. The van der Waals surface area contributed by atoms with Crippen LogP contribution < -0.4 is 11.1 Å². The van der Waals surface area contributed by atoms with E-state index in [1.54, 1.807) is 0 Å². The lowest BCUT2D eigenvalue weighted by Crippen LogP contribution is -2.44. The molecular formula is C10H22N2OS. The molecule has 0 aliphatic carbocycles. The van der Waals surface area contributed by atoms with Crippen molar-refractivity contribution in [1.29, 1.82) is 0 Å². The lowest BCUT2D eigenvalue weighted by atomic mass is 10.1. The van der Waals surface area contributed by atoms with Gasteiger partial charge in [-0.15, -0.1) is 0 Å². The standard InChI is InChI=1S/C10H22N2OS/c1-7(2)9(11)10(13)12-6-5-8(3)14-4/h7-9H,5-6,11H2,1-4H3,(H,12,13). The molecule has 0 radical (unpaired) electrons. The van der Waals surface area contributed by atoms with Crippen LogP contribution >= 0.6 is 11.8 Å². The number of thioether (sulfide) groups is 1. The molecule has 0 aromatic carbocycles. The number of amides is 1. The average Bonchev–Trinajstić information content (AvgIpc) is 2.15. The van der Waals surface area contributed by atoms with Crippen molar-refractivity contribution in [2.45, 2.75) is 38.5 Å². The molecule has 14 heavy (non-hydrogen) atoms. The van der Waals surface area contributed by atoms with Gasteiger partial charge >= 0.3 is 0 Å². The predicted molar refractivity (Wildman–Crippen MR) is 63.4 cm³/mol. The van der Waals surface area contributed by atoms with Gasteiger partial charge in [0.15, 0.2) is 0 Å². The van der Waals surface area contributed by atoms with Crippen LogP contribution in [0.2, 0.25) is 0 Å². The molecule has 0 heterocycles. The summed E-state index contributed by atoms with van der Waals surface area (Å²) in [6, 6.07) is -0.375. The van der Waals surface area contributed by atoms with E-state index < -0.39 is 0 Å². The van der Waals surface area contributed by atoms with Crippen molar-refractivity contribution in [2.75, 3.05) is 12.8 Å². The van der Waals surface area contributed by atoms with Crippen LogP contribution in [-0.4, -0.2) is 30.0 Å². The van der Waals surface area contributed by atoms with Crippen molar-refractivity contribution in [3.05, 3.63) is 0 Å². The molecular weight excluding hydrogens is 196 g/mol. The van der Waals surface area contributed by atoms with E-state index in [2.05, 4.69) is 18.5 Å². The Labute approximate surface area is 91.2 Å². The number of nitrogens with two attached hydrogens (primary N) is 1. The topological polar surface area (TPSA) is 55.1 Å². The Morgan fingerprint density at radius 3 is 2.43 bits per heavy atom. The SMILES string of the molecule is CSC(C)CCNC(=O)C(N)C(C)C. The van der Waals surface area contributed by atoms with Crippen LogP contribution in [0.5, 0.6) is 0 Å². The van der Waals surface area contributed by atoms with E-state index in [1.807, 2.05) is 25.6 Å². The van der Waals surface area contributed by atoms with Crippen LogP contribution in [0.3, 0.4) is 0 Å². The van der Waals surface area contributed by atoms with E-state index in [0.717, 1.165) is 13.0 Å². The van der Waals surface area contributed by atoms with Gasteiger partial charge in [0.25, 0.3) is 0 Å². The van der Waals surface area contributed by atoms with Gasteiger partial charge in [0.2, 0.25) is 5.91 Å². The molecule has 0 fully saturated rings. The molecule has 3 nitrogen and oxygen atoms in total. The molecule has 0 saturated carbocycles. The van der Waals surface area contributed by atoms with Crippen LogP contribution in [-0.2, 0) is 4.79 Å². The van der Waals surface area contributed by atoms with Crippen LogP contribution in [0.1, 0.15) is 27.2 Å². The van der Waals surface area contributed by atoms with Crippen molar-refractivity contribution >= 4 is 17.7 Å². The van der Waals surface area contributed by atoms with Crippen molar-refractivity contribution in [3.8, 4) is 0 Å². The Balaban J connectivity index is 3.64. The maximum absolute atomic E-state index is 11.4. The van der Waals surface area contributed by atoms with Gasteiger partial charge in [0, 0.05) is 11.8 Å². The first-order valence-corrected chi connectivity index (χ1v) is 6.34. The van der Waals surface area contributed by atoms with Crippen LogP contribution in [0.25, 0.3) is 0 Å². The first-order valence-electron chi connectivity index (χ1n) is 5.05. The molecule has 4 heteroatoms. The van der Waals surface area contributed by atoms with E-state index in [9.17, 15) is 4.79 Å². The molecule has 84 valence electrons. The maximum Gasteiger partial charge on any atom is 0.237 e. The maximum atomic E-state index is 11.4. The van der Waals surface area contributed by atoms with Crippen LogP contribution in [0, 0.1) is 5.92 Å².